The van der Waals surface area contributed by atoms with Crippen LogP contribution in [-0.2, 0) is 4.79 Å². The lowest BCUT2D eigenvalue weighted by Gasteiger charge is -2.02. The van der Waals surface area contributed by atoms with Crippen molar-refractivity contribution in [2.45, 2.75) is 19.4 Å². The van der Waals surface area contributed by atoms with Crippen LogP contribution in [0.1, 0.15) is 13.3 Å². The van der Waals surface area contributed by atoms with Gasteiger partial charge in [0.05, 0.1) is 0 Å². The van der Waals surface area contributed by atoms with E-state index in [1.165, 1.54) is 0 Å². The summed E-state index contributed by atoms with van der Waals surface area (Å²) in [5, 5.41) is 0. The molecule has 0 aromatic rings. The summed E-state index contributed by atoms with van der Waals surface area (Å²) in [6, 6.07) is 0.229. The van der Waals surface area contributed by atoms with Gasteiger partial charge in [0.15, 0.2) is 0 Å². The highest BCUT2D eigenvalue weighted by Crippen LogP contribution is 2.34. The Morgan fingerprint density at radius 1 is 1.78 bits per heavy atom. The van der Waals surface area contributed by atoms with Crippen LogP contribution in [0.15, 0.2) is 0 Å². The predicted molar refractivity (Wildman–Crippen MR) is 34.4 cm³/mol. The molecule has 0 aromatic carbocycles. The molecule has 1 amide bonds. The zero-order chi connectivity index (χ0) is 7.02. The zero-order valence-corrected chi connectivity index (χ0v) is 5.50. The van der Waals surface area contributed by atoms with Crippen LogP contribution in [0, 0.1) is 11.8 Å². The first kappa shape index (κ1) is 6.55. The molecule has 3 nitrogen and oxygen atoms in total. The van der Waals surface area contributed by atoms with E-state index in [-0.39, 0.29) is 17.9 Å². The second-order valence-electron chi connectivity index (χ2n) is 2.75. The number of nitrogens with two attached hydrogens (primary N) is 2. The Labute approximate surface area is 54.4 Å². The average Bonchev–Trinajstić information content (AvgIpc) is 2.44. The van der Waals surface area contributed by atoms with E-state index in [1.807, 2.05) is 6.92 Å². The van der Waals surface area contributed by atoms with E-state index in [0.29, 0.717) is 5.92 Å². The molecule has 0 heterocycles. The largest absolute Gasteiger partial charge is 0.369 e. The van der Waals surface area contributed by atoms with E-state index >= 15 is 0 Å². The van der Waals surface area contributed by atoms with E-state index in [4.69, 9.17) is 11.5 Å². The number of hydrogen-bond donors (Lipinski definition) is 2. The van der Waals surface area contributed by atoms with Crippen molar-refractivity contribution in [2.24, 2.45) is 23.3 Å². The predicted octanol–water partition coefficient (Wildman–Crippen LogP) is -0.545. The molecular formula is C6H12N2O. The molecule has 1 rings (SSSR count). The summed E-state index contributed by atoms with van der Waals surface area (Å²) in [6.07, 6.45) is 0.962. The van der Waals surface area contributed by atoms with Gasteiger partial charge in [-0.1, -0.05) is 6.92 Å². The fraction of sp³-hybridized carbons (Fsp3) is 0.833. The molecule has 1 aliphatic carbocycles. The lowest BCUT2D eigenvalue weighted by Crippen LogP contribution is -2.24. The van der Waals surface area contributed by atoms with Gasteiger partial charge >= 0.3 is 0 Å². The van der Waals surface area contributed by atoms with Crippen molar-refractivity contribution < 1.29 is 4.79 Å². The molecule has 0 aliphatic heterocycles. The number of carbonyl (C=O) groups is 1. The minimum atomic E-state index is -0.229. The smallest absolute Gasteiger partial charge is 0.220 e. The van der Waals surface area contributed by atoms with E-state index < -0.39 is 0 Å². The fourth-order valence-corrected chi connectivity index (χ4v) is 1.02. The Balaban J connectivity index is 2.36. The van der Waals surface area contributed by atoms with E-state index in [0.717, 1.165) is 6.42 Å². The lowest BCUT2D eigenvalue weighted by atomic mass is 10.1. The van der Waals surface area contributed by atoms with Gasteiger partial charge < -0.3 is 11.5 Å². The van der Waals surface area contributed by atoms with Crippen molar-refractivity contribution in [2.75, 3.05) is 0 Å². The van der Waals surface area contributed by atoms with Gasteiger partial charge in [0, 0.05) is 12.0 Å². The van der Waals surface area contributed by atoms with Gasteiger partial charge in [-0.05, 0) is 12.3 Å². The first-order chi connectivity index (χ1) is 4.13. The van der Waals surface area contributed by atoms with Crippen LogP contribution in [0.5, 0.6) is 0 Å². The molecule has 0 saturated heterocycles. The molecule has 9 heavy (non-hydrogen) atoms. The summed E-state index contributed by atoms with van der Waals surface area (Å²) in [4.78, 5) is 10.5. The maximum absolute atomic E-state index is 10.5. The van der Waals surface area contributed by atoms with Crippen LogP contribution in [0.25, 0.3) is 0 Å². The van der Waals surface area contributed by atoms with Gasteiger partial charge in [0.1, 0.15) is 0 Å². The number of primary amides is 1. The summed E-state index contributed by atoms with van der Waals surface area (Å²) >= 11 is 0. The molecule has 2 unspecified atom stereocenters. The highest BCUT2D eigenvalue weighted by atomic mass is 16.1. The Morgan fingerprint density at radius 2 is 2.22 bits per heavy atom. The Morgan fingerprint density at radius 3 is 2.33 bits per heavy atom. The third kappa shape index (κ3) is 1.21. The normalized spacial score (nSPS) is 35.8. The standard InChI is InChI=1S/C6H12N2O/c1-3(6(8)9)4-2-5(4)7/h3-5H,2,7H2,1H3,(H2,8,9)/t3-,4?,5?/m0/s1. The molecule has 1 saturated carbocycles. The number of carbonyl (C=O) groups excluding carboxylic acids is 1. The first-order valence-electron chi connectivity index (χ1n) is 3.18. The highest BCUT2D eigenvalue weighted by molar-refractivity contribution is 5.77. The summed E-state index contributed by atoms with van der Waals surface area (Å²) in [7, 11) is 0. The monoisotopic (exact) mass is 128 g/mol. The van der Waals surface area contributed by atoms with Gasteiger partial charge in [-0.3, -0.25) is 4.79 Å². The minimum absolute atomic E-state index is 0.0278. The lowest BCUT2D eigenvalue weighted by molar-refractivity contribution is -0.121. The zero-order valence-electron chi connectivity index (χ0n) is 5.50. The van der Waals surface area contributed by atoms with E-state index in [2.05, 4.69) is 0 Å². The van der Waals surface area contributed by atoms with Gasteiger partial charge in [0.2, 0.25) is 5.91 Å². The third-order valence-electron chi connectivity index (χ3n) is 1.98. The molecule has 0 radical (unpaired) electrons. The van der Waals surface area contributed by atoms with Crippen molar-refractivity contribution in [1.82, 2.24) is 0 Å². The second kappa shape index (κ2) is 1.99. The average molecular weight is 128 g/mol. The topological polar surface area (TPSA) is 69.1 Å². The Bertz CT molecular complexity index is 135. The molecule has 0 spiro atoms. The molecule has 1 aliphatic rings. The quantitative estimate of drug-likeness (QED) is 0.524. The molecular weight excluding hydrogens is 116 g/mol. The maximum Gasteiger partial charge on any atom is 0.220 e. The van der Waals surface area contributed by atoms with Crippen LogP contribution < -0.4 is 11.5 Å². The van der Waals surface area contributed by atoms with Crippen molar-refractivity contribution in [3.05, 3.63) is 0 Å². The fourth-order valence-electron chi connectivity index (χ4n) is 1.02. The number of amides is 1. The maximum atomic E-state index is 10.5. The van der Waals surface area contributed by atoms with E-state index in [9.17, 15) is 4.79 Å². The summed E-state index contributed by atoms with van der Waals surface area (Å²) in [5.74, 6) is 0.107. The van der Waals surface area contributed by atoms with Crippen molar-refractivity contribution in [3.8, 4) is 0 Å². The molecule has 4 N–H and O–H groups in total. The number of hydrogen-bond acceptors (Lipinski definition) is 2. The molecule has 0 bridgehead atoms. The first-order valence-corrected chi connectivity index (χ1v) is 3.18. The summed E-state index contributed by atoms with van der Waals surface area (Å²) in [6.45, 7) is 1.83. The molecule has 1 fully saturated rings. The van der Waals surface area contributed by atoms with Crippen LogP contribution in [0.3, 0.4) is 0 Å². The van der Waals surface area contributed by atoms with Crippen molar-refractivity contribution in [1.29, 1.82) is 0 Å². The molecule has 3 atom stereocenters. The Hall–Kier alpha value is -0.570. The third-order valence-corrected chi connectivity index (χ3v) is 1.98. The van der Waals surface area contributed by atoms with Gasteiger partial charge in [0.25, 0.3) is 0 Å². The SMILES string of the molecule is C[C@H](C(N)=O)C1CC1N. The molecule has 52 valence electrons. The summed E-state index contributed by atoms with van der Waals surface area (Å²) < 4.78 is 0. The minimum Gasteiger partial charge on any atom is -0.369 e. The molecule has 0 aromatic heterocycles. The molecule has 3 heteroatoms. The highest BCUT2D eigenvalue weighted by Gasteiger charge is 2.40. The summed E-state index contributed by atoms with van der Waals surface area (Å²) in [5.41, 5.74) is 10.5. The van der Waals surface area contributed by atoms with Crippen LogP contribution in [0.2, 0.25) is 0 Å². The second-order valence-corrected chi connectivity index (χ2v) is 2.75. The van der Waals surface area contributed by atoms with Crippen LogP contribution in [-0.4, -0.2) is 11.9 Å². The van der Waals surface area contributed by atoms with Crippen molar-refractivity contribution in [3.63, 3.8) is 0 Å². The van der Waals surface area contributed by atoms with Gasteiger partial charge in [-0.15, -0.1) is 0 Å². The van der Waals surface area contributed by atoms with Gasteiger partial charge in [-0.25, -0.2) is 0 Å². The Kier molecular flexibility index (Phi) is 1.45. The van der Waals surface area contributed by atoms with Crippen LogP contribution in [0.4, 0.5) is 0 Å². The van der Waals surface area contributed by atoms with E-state index in [1.54, 1.807) is 0 Å². The van der Waals surface area contributed by atoms with Gasteiger partial charge in [-0.2, -0.15) is 0 Å². The van der Waals surface area contributed by atoms with Crippen molar-refractivity contribution >= 4 is 5.91 Å². The number of rotatable bonds is 2. The van der Waals surface area contributed by atoms with Crippen LogP contribution >= 0.6 is 0 Å².